The summed E-state index contributed by atoms with van der Waals surface area (Å²) < 4.78 is 0. The first-order valence-electron chi connectivity index (χ1n) is 9.93. The van der Waals surface area contributed by atoms with E-state index in [9.17, 15) is 4.79 Å². The van der Waals surface area contributed by atoms with Gasteiger partial charge in [-0.05, 0) is 49.9 Å². The van der Waals surface area contributed by atoms with E-state index < -0.39 is 6.04 Å². The van der Waals surface area contributed by atoms with E-state index >= 15 is 0 Å². The molecule has 0 heterocycles. The molecule has 0 bridgehead atoms. The number of hydrogen-bond acceptors (Lipinski definition) is 2. The van der Waals surface area contributed by atoms with Crippen LogP contribution in [-0.4, -0.2) is 11.9 Å². The molecule has 29 heavy (non-hydrogen) atoms. The van der Waals surface area contributed by atoms with E-state index in [-0.39, 0.29) is 5.91 Å². The molecule has 3 N–H and O–H groups in total. The number of carbonyl (C=O) groups excluding carboxylic acids is 1. The summed E-state index contributed by atoms with van der Waals surface area (Å²) in [5.41, 5.74) is 8.31. The van der Waals surface area contributed by atoms with Crippen LogP contribution < -0.4 is 11.1 Å². The molecule has 0 saturated heterocycles. The fourth-order valence-electron chi connectivity index (χ4n) is 4.22. The molecule has 0 aromatic heterocycles. The quantitative estimate of drug-likeness (QED) is 0.433. The molecular formula is C26H22N2O. The van der Waals surface area contributed by atoms with Gasteiger partial charge in [-0.15, -0.1) is 0 Å². The first kappa shape index (κ1) is 17.7. The van der Waals surface area contributed by atoms with Crippen molar-refractivity contribution in [3.8, 4) is 0 Å². The van der Waals surface area contributed by atoms with Gasteiger partial charge in [0.15, 0.2) is 0 Å². The lowest BCUT2D eigenvalue weighted by molar-refractivity contribution is -0.122. The highest BCUT2D eigenvalue weighted by Crippen LogP contribution is 2.35. The smallest absolute Gasteiger partial charge is 0.237 e. The van der Waals surface area contributed by atoms with Crippen LogP contribution in [0.3, 0.4) is 0 Å². The first-order valence-corrected chi connectivity index (χ1v) is 9.93. The van der Waals surface area contributed by atoms with Crippen LogP contribution in [0, 0.1) is 0 Å². The third-order valence-electron chi connectivity index (χ3n) is 5.71. The van der Waals surface area contributed by atoms with Gasteiger partial charge in [-0.2, -0.15) is 0 Å². The summed E-state index contributed by atoms with van der Waals surface area (Å²) in [6, 6.07) is 28.6. The molecule has 3 nitrogen and oxygen atoms in total. The van der Waals surface area contributed by atoms with E-state index in [0.29, 0.717) is 13.0 Å². The summed E-state index contributed by atoms with van der Waals surface area (Å²) in [6.45, 7) is 0.468. The zero-order valence-electron chi connectivity index (χ0n) is 16.1. The predicted octanol–water partition coefficient (Wildman–Crippen LogP) is 4.77. The Bertz CT molecular complexity index is 1290. The summed E-state index contributed by atoms with van der Waals surface area (Å²) in [6.07, 6.45) is 0.533. The van der Waals surface area contributed by atoms with Crippen LogP contribution in [0.5, 0.6) is 0 Å². The largest absolute Gasteiger partial charge is 0.351 e. The van der Waals surface area contributed by atoms with Gasteiger partial charge in [0.05, 0.1) is 6.04 Å². The van der Waals surface area contributed by atoms with Crippen molar-refractivity contribution in [3.05, 3.63) is 96.1 Å². The Hall–Kier alpha value is -3.43. The predicted molar refractivity (Wildman–Crippen MR) is 120 cm³/mol. The lowest BCUT2D eigenvalue weighted by Crippen LogP contribution is -2.41. The number of nitrogens with two attached hydrogens (primary N) is 1. The Morgan fingerprint density at radius 3 is 2.17 bits per heavy atom. The van der Waals surface area contributed by atoms with Crippen molar-refractivity contribution >= 4 is 38.2 Å². The molecular weight excluding hydrogens is 356 g/mol. The van der Waals surface area contributed by atoms with Gasteiger partial charge < -0.3 is 11.1 Å². The van der Waals surface area contributed by atoms with Gasteiger partial charge in [0.25, 0.3) is 0 Å². The maximum Gasteiger partial charge on any atom is 0.237 e. The molecule has 0 aliphatic heterocycles. The van der Waals surface area contributed by atoms with Crippen molar-refractivity contribution in [2.24, 2.45) is 5.73 Å². The summed E-state index contributed by atoms with van der Waals surface area (Å²) >= 11 is 0. The maximum absolute atomic E-state index is 12.6. The molecule has 0 fully saturated rings. The molecule has 0 unspecified atom stereocenters. The Morgan fingerprint density at radius 2 is 1.41 bits per heavy atom. The van der Waals surface area contributed by atoms with Crippen LogP contribution in [0.15, 0.2) is 84.9 Å². The molecule has 0 aliphatic carbocycles. The topological polar surface area (TPSA) is 55.1 Å². The fourth-order valence-corrected chi connectivity index (χ4v) is 4.22. The number of carbonyl (C=O) groups is 1. The molecule has 0 spiro atoms. The Kier molecular flexibility index (Phi) is 4.38. The molecule has 5 rings (SSSR count). The number of amides is 1. The van der Waals surface area contributed by atoms with Crippen molar-refractivity contribution in [3.63, 3.8) is 0 Å². The summed E-state index contributed by atoms with van der Waals surface area (Å²) in [4.78, 5) is 12.6. The second kappa shape index (κ2) is 7.19. The zero-order chi connectivity index (χ0) is 19.8. The highest BCUT2D eigenvalue weighted by atomic mass is 16.2. The minimum Gasteiger partial charge on any atom is -0.351 e. The van der Waals surface area contributed by atoms with Crippen LogP contribution >= 0.6 is 0 Å². The number of benzene rings is 5. The van der Waals surface area contributed by atoms with Gasteiger partial charge in [-0.1, -0.05) is 84.9 Å². The molecule has 0 radical (unpaired) electrons. The van der Waals surface area contributed by atoms with Gasteiger partial charge in [0, 0.05) is 6.54 Å². The van der Waals surface area contributed by atoms with Crippen LogP contribution in [-0.2, 0) is 17.8 Å². The number of hydrogen-bond donors (Lipinski definition) is 2. The zero-order valence-corrected chi connectivity index (χ0v) is 16.1. The molecule has 5 aromatic rings. The molecule has 0 saturated carbocycles. The van der Waals surface area contributed by atoms with Crippen LogP contribution in [0.1, 0.15) is 11.1 Å². The summed E-state index contributed by atoms with van der Waals surface area (Å²) in [5.74, 6) is -0.125. The lowest BCUT2D eigenvalue weighted by Gasteiger charge is -2.16. The van der Waals surface area contributed by atoms with Crippen molar-refractivity contribution in [1.29, 1.82) is 0 Å². The SMILES string of the molecule is N[C@H](Cc1ccccc1)C(=O)NCc1ccc2ccc3cccc4ccc1c2c34. The van der Waals surface area contributed by atoms with Crippen molar-refractivity contribution in [2.75, 3.05) is 0 Å². The van der Waals surface area contributed by atoms with Crippen molar-refractivity contribution in [1.82, 2.24) is 5.32 Å². The van der Waals surface area contributed by atoms with Gasteiger partial charge >= 0.3 is 0 Å². The third-order valence-corrected chi connectivity index (χ3v) is 5.71. The standard InChI is InChI=1S/C26H22N2O/c27-23(15-17-5-2-1-3-6-17)26(29)28-16-21-12-11-20-10-9-18-7-4-8-19-13-14-22(21)25(20)24(18)19/h1-14,23H,15-16,27H2,(H,28,29)/t23-/m1/s1. The normalized spacial score (nSPS) is 12.6. The fraction of sp³-hybridized carbons (Fsp3) is 0.115. The second-order valence-electron chi connectivity index (χ2n) is 7.59. The van der Waals surface area contributed by atoms with E-state index in [0.717, 1.165) is 11.1 Å². The van der Waals surface area contributed by atoms with Gasteiger partial charge in [-0.25, -0.2) is 0 Å². The van der Waals surface area contributed by atoms with Crippen molar-refractivity contribution < 1.29 is 4.79 Å². The molecule has 1 amide bonds. The maximum atomic E-state index is 12.6. The van der Waals surface area contributed by atoms with E-state index in [1.807, 2.05) is 30.3 Å². The average Bonchev–Trinajstić information content (AvgIpc) is 2.77. The Balaban J connectivity index is 1.42. The highest BCUT2D eigenvalue weighted by Gasteiger charge is 2.15. The Labute approximate surface area is 169 Å². The van der Waals surface area contributed by atoms with Crippen molar-refractivity contribution in [2.45, 2.75) is 19.0 Å². The third kappa shape index (κ3) is 3.20. The van der Waals surface area contributed by atoms with Gasteiger partial charge in [-0.3, -0.25) is 4.79 Å². The van der Waals surface area contributed by atoms with E-state index in [2.05, 4.69) is 59.9 Å². The highest BCUT2D eigenvalue weighted by molar-refractivity contribution is 6.23. The average molecular weight is 378 g/mol. The van der Waals surface area contributed by atoms with E-state index in [1.54, 1.807) is 0 Å². The van der Waals surface area contributed by atoms with Gasteiger partial charge in [0.1, 0.15) is 0 Å². The summed E-state index contributed by atoms with van der Waals surface area (Å²) in [7, 11) is 0. The van der Waals surface area contributed by atoms with E-state index in [1.165, 1.54) is 32.3 Å². The number of rotatable bonds is 5. The first-order chi connectivity index (χ1) is 14.2. The van der Waals surface area contributed by atoms with E-state index in [4.69, 9.17) is 5.73 Å². The lowest BCUT2D eigenvalue weighted by atomic mass is 9.92. The molecule has 1 atom stereocenters. The minimum absolute atomic E-state index is 0.125. The molecule has 142 valence electrons. The Morgan fingerprint density at radius 1 is 0.759 bits per heavy atom. The molecule has 5 aromatic carbocycles. The van der Waals surface area contributed by atoms with Crippen LogP contribution in [0.4, 0.5) is 0 Å². The van der Waals surface area contributed by atoms with Crippen LogP contribution in [0.25, 0.3) is 32.3 Å². The molecule has 0 aliphatic rings. The monoisotopic (exact) mass is 378 g/mol. The summed E-state index contributed by atoms with van der Waals surface area (Å²) in [5, 5.41) is 10.5. The van der Waals surface area contributed by atoms with Crippen LogP contribution in [0.2, 0.25) is 0 Å². The number of nitrogens with one attached hydrogen (secondary N) is 1. The minimum atomic E-state index is -0.558. The second-order valence-corrected chi connectivity index (χ2v) is 7.59. The van der Waals surface area contributed by atoms with Gasteiger partial charge in [0.2, 0.25) is 5.91 Å². The molecule has 3 heteroatoms.